The molecule has 4 rings (SSSR count). The fraction of sp³-hybridized carbons (Fsp3) is 0.667. The van der Waals surface area contributed by atoms with Gasteiger partial charge in [0.25, 0.3) is 0 Å². The van der Waals surface area contributed by atoms with Crippen LogP contribution in [0.2, 0.25) is 5.02 Å². The van der Waals surface area contributed by atoms with Crippen molar-refractivity contribution < 1.29 is 0 Å². The number of hydrogen-bond acceptors (Lipinski definition) is 2. The number of piperidine rings is 1. The summed E-state index contributed by atoms with van der Waals surface area (Å²) in [6, 6.07) is 10.1. The third-order valence-electron chi connectivity index (χ3n) is 5.95. The lowest BCUT2D eigenvalue weighted by Crippen LogP contribution is -2.45. The summed E-state index contributed by atoms with van der Waals surface area (Å²) in [5.74, 6) is 0.561. The van der Waals surface area contributed by atoms with Crippen LogP contribution in [0.5, 0.6) is 0 Å². The fourth-order valence-corrected chi connectivity index (χ4v) is 5.06. The molecule has 3 atom stereocenters. The summed E-state index contributed by atoms with van der Waals surface area (Å²) >= 11 is 6.53. The van der Waals surface area contributed by atoms with Gasteiger partial charge in [-0.3, -0.25) is 4.90 Å². The average Bonchev–Trinajstić information content (AvgIpc) is 3.26. The second-order valence-electron chi connectivity index (χ2n) is 7.35. The predicted octanol–water partition coefficient (Wildman–Crippen LogP) is 3.66. The first-order valence-electron chi connectivity index (χ1n) is 8.40. The van der Waals surface area contributed by atoms with Gasteiger partial charge in [0.2, 0.25) is 0 Å². The Morgan fingerprint density at radius 2 is 2.10 bits per heavy atom. The van der Waals surface area contributed by atoms with E-state index in [0.717, 1.165) is 30.2 Å². The molecule has 3 unspecified atom stereocenters. The fourth-order valence-electron chi connectivity index (χ4n) is 4.79. The van der Waals surface area contributed by atoms with Gasteiger partial charge in [0.15, 0.2) is 0 Å². The van der Waals surface area contributed by atoms with E-state index in [1.54, 1.807) is 0 Å². The van der Waals surface area contributed by atoms with E-state index in [1.165, 1.54) is 37.8 Å². The first-order chi connectivity index (χ1) is 10.2. The SMILES string of the molecule is CC1CC2(CCNCC2c2ccccc2Cl)CN1C1CC1. The zero-order valence-electron chi connectivity index (χ0n) is 12.8. The first kappa shape index (κ1) is 14.0. The number of hydrogen-bond donors (Lipinski definition) is 1. The first-order valence-corrected chi connectivity index (χ1v) is 8.78. The highest BCUT2D eigenvalue weighted by atomic mass is 35.5. The van der Waals surface area contributed by atoms with Crippen LogP contribution < -0.4 is 5.32 Å². The van der Waals surface area contributed by atoms with Gasteiger partial charge < -0.3 is 5.32 Å². The molecule has 0 radical (unpaired) electrons. The van der Waals surface area contributed by atoms with Crippen molar-refractivity contribution in [1.29, 1.82) is 0 Å². The molecule has 2 saturated heterocycles. The number of nitrogens with one attached hydrogen (secondary N) is 1. The van der Waals surface area contributed by atoms with Crippen LogP contribution in [0, 0.1) is 5.41 Å². The third-order valence-corrected chi connectivity index (χ3v) is 6.29. The molecule has 0 bridgehead atoms. The summed E-state index contributed by atoms with van der Waals surface area (Å²) < 4.78 is 0. The molecule has 3 aliphatic rings. The minimum atomic E-state index is 0.429. The number of halogens is 1. The van der Waals surface area contributed by atoms with Crippen molar-refractivity contribution in [1.82, 2.24) is 10.2 Å². The Morgan fingerprint density at radius 1 is 1.29 bits per heavy atom. The van der Waals surface area contributed by atoms with Gasteiger partial charge in [-0.15, -0.1) is 0 Å². The molecule has 1 N–H and O–H groups in total. The molecule has 1 saturated carbocycles. The molecule has 1 spiro atoms. The minimum absolute atomic E-state index is 0.429. The summed E-state index contributed by atoms with van der Waals surface area (Å²) in [6.07, 6.45) is 5.45. The van der Waals surface area contributed by atoms with Crippen LogP contribution in [0.3, 0.4) is 0 Å². The molecule has 2 nitrogen and oxygen atoms in total. The summed E-state index contributed by atoms with van der Waals surface area (Å²) in [4.78, 5) is 2.79. The number of rotatable bonds is 2. The Kier molecular flexibility index (Phi) is 3.52. The van der Waals surface area contributed by atoms with Gasteiger partial charge in [-0.25, -0.2) is 0 Å². The number of nitrogens with zero attached hydrogens (tertiary/aromatic N) is 1. The molecule has 2 aliphatic heterocycles. The van der Waals surface area contributed by atoms with Gasteiger partial charge in [0.1, 0.15) is 0 Å². The van der Waals surface area contributed by atoms with Crippen molar-refractivity contribution in [3.63, 3.8) is 0 Å². The van der Waals surface area contributed by atoms with Gasteiger partial charge in [-0.1, -0.05) is 29.8 Å². The average molecular weight is 305 g/mol. The predicted molar refractivity (Wildman–Crippen MR) is 87.9 cm³/mol. The maximum Gasteiger partial charge on any atom is 0.0441 e. The van der Waals surface area contributed by atoms with Gasteiger partial charge in [0, 0.05) is 36.1 Å². The molecule has 21 heavy (non-hydrogen) atoms. The van der Waals surface area contributed by atoms with E-state index in [4.69, 9.17) is 11.6 Å². The highest BCUT2D eigenvalue weighted by molar-refractivity contribution is 6.31. The van der Waals surface area contributed by atoms with Crippen LogP contribution in [-0.2, 0) is 0 Å². The lowest BCUT2D eigenvalue weighted by atomic mass is 9.66. The summed E-state index contributed by atoms with van der Waals surface area (Å²) in [5, 5.41) is 4.56. The number of likely N-dealkylation sites (tertiary alicyclic amines) is 1. The quantitative estimate of drug-likeness (QED) is 0.897. The highest BCUT2D eigenvalue weighted by Crippen LogP contribution is 2.52. The molecule has 3 fully saturated rings. The van der Waals surface area contributed by atoms with Crippen molar-refractivity contribution in [2.75, 3.05) is 19.6 Å². The zero-order valence-corrected chi connectivity index (χ0v) is 13.6. The molecule has 1 aliphatic carbocycles. The Hall–Kier alpha value is -0.570. The molecule has 114 valence electrons. The van der Waals surface area contributed by atoms with E-state index in [0.29, 0.717) is 11.3 Å². The molecular formula is C18H25ClN2. The summed E-state index contributed by atoms with van der Waals surface area (Å²) in [6.45, 7) is 5.94. The smallest absolute Gasteiger partial charge is 0.0441 e. The molecule has 1 aromatic rings. The Bertz CT molecular complexity index is 528. The van der Waals surface area contributed by atoms with Crippen LogP contribution in [0.1, 0.15) is 44.1 Å². The van der Waals surface area contributed by atoms with Gasteiger partial charge in [-0.05, 0) is 56.2 Å². The Labute approximate surface area is 132 Å². The molecule has 1 aromatic carbocycles. The largest absolute Gasteiger partial charge is 0.316 e. The standard InChI is InChI=1S/C18H25ClN2/c1-13-10-18(12-21(13)14-6-7-14)8-9-20-11-16(18)15-4-2-3-5-17(15)19/h2-5,13-14,16,20H,6-12H2,1H3. The molecule has 3 heteroatoms. The lowest BCUT2D eigenvalue weighted by molar-refractivity contribution is 0.159. The highest BCUT2D eigenvalue weighted by Gasteiger charge is 2.51. The minimum Gasteiger partial charge on any atom is -0.316 e. The third kappa shape index (κ3) is 2.42. The molecule has 2 heterocycles. The second-order valence-corrected chi connectivity index (χ2v) is 7.75. The normalized spacial score (nSPS) is 37.2. The van der Waals surface area contributed by atoms with Crippen molar-refractivity contribution in [3.8, 4) is 0 Å². The number of benzene rings is 1. The van der Waals surface area contributed by atoms with Crippen molar-refractivity contribution in [2.24, 2.45) is 5.41 Å². The van der Waals surface area contributed by atoms with E-state index in [1.807, 2.05) is 6.07 Å². The Balaban J connectivity index is 1.67. The van der Waals surface area contributed by atoms with E-state index < -0.39 is 0 Å². The molecule has 0 aromatic heterocycles. The summed E-state index contributed by atoms with van der Waals surface area (Å²) in [7, 11) is 0. The van der Waals surface area contributed by atoms with E-state index in [9.17, 15) is 0 Å². The maximum absolute atomic E-state index is 6.53. The van der Waals surface area contributed by atoms with Crippen LogP contribution in [0.25, 0.3) is 0 Å². The van der Waals surface area contributed by atoms with Crippen molar-refractivity contribution in [2.45, 2.75) is 50.6 Å². The lowest BCUT2D eigenvalue weighted by Gasteiger charge is -2.42. The van der Waals surface area contributed by atoms with Crippen LogP contribution in [-0.4, -0.2) is 36.6 Å². The van der Waals surface area contributed by atoms with Gasteiger partial charge >= 0.3 is 0 Å². The van der Waals surface area contributed by atoms with Crippen molar-refractivity contribution >= 4 is 11.6 Å². The second kappa shape index (κ2) is 5.26. The monoisotopic (exact) mass is 304 g/mol. The van der Waals surface area contributed by atoms with Gasteiger partial charge in [0.05, 0.1) is 0 Å². The zero-order chi connectivity index (χ0) is 14.4. The van der Waals surface area contributed by atoms with Crippen LogP contribution in [0.4, 0.5) is 0 Å². The van der Waals surface area contributed by atoms with E-state index >= 15 is 0 Å². The Morgan fingerprint density at radius 3 is 2.86 bits per heavy atom. The van der Waals surface area contributed by atoms with E-state index in [2.05, 4.69) is 35.3 Å². The maximum atomic E-state index is 6.53. The summed E-state index contributed by atoms with van der Waals surface area (Å²) in [5.41, 5.74) is 1.79. The topological polar surface area (TPSA) is 15.3 Å². The molecular weight excluding hydrogens is 280 g/mol. The van der Waals surface area contributed by atoms with Crippen molar-refractivity contribution in [3.05, 3.63) is 34.9 Å². The van der Waals surface area contributed by atoms with Crippen LogP contribution >= 0.6 is 11.6 Å². The van der Waals surface area contributed by atoms with E-state index in [-0.39, 0.29) is 0 Å². The van der Waals surface area contributed by atoms with Gasteiger partial charge in [-0.2, -0.15) is 0 Å². The van der Waals surface area contributed by atoms with Crippen LogP contribution in [0.15, 0.2) is 24.3 Å². The molecule has 0 amide bonds.